The Hall–Kier alpha value is -1.75. The van der Waals surface area contributed by atoms with Crippen molar-refractivity contribution in [2.75, 3.05) is 18.0 Å². The number of carboxylic acid groups (broad SMARTS) is 2. The molecule has 0 unspecified atom stereocenters. The molecule has 0 aliphatic heterocycles. The summed E-state index contributed by atoms with van der Waals surface area (Å²) >= 11 is 5.75. The molecular weight excluding hydrogens is 258 g/mol. The smallest absolute Gasteiger partial charge is 0.323 e. The number of benzene rings is 1. The topological polar surface area (TPSA) is 77.8 Å². The number of halogens is 1. The summed E-state index contributed by atoms with van der Waals surface area (Å²) in [5.74, 6) is -2.62. The Bertz CT molecular complexity index is 432. The fourth-order valence-corrected chi connectivity index (χ4v) is 1.61. The van der Waals surface area contributed by atoms with Crippen LogP contribution in [0.4, 0.5) is 5.69 Å². The van der Waals surface area contributed by atoms with E-state index in [1.807, 2.05) is 0 Å². The Morgan fingerprint density at radius 3 is 2.28 bits per heavy atom. The van der Waals surface area contributed by atoms with Crippen LogP contribution < -0.4 is 4.90 Å². The van der Waals surface area contributed by atoms with E-state index in [4.69, 9.17) is 21.8 Å². The number of carboxylic acids is 2. The Kier molecular flexibility index (Phi) is 4.97. The maximum absolute atomic E-state index is 10.8. The Balaban J connectivity index is 2.87. The van der Waals surface area contributed by atoms with Gasteiger partial charge in [0.05, 0.1) is 5.92 Å². The van der Waals surface area contributed by atoms with Gasteiger partial charge in [-0.15, -0.1) is 0 Å². The number of anilines is 1. The Labute approximate surface area is 110 Å². The minimum Gasteiger partial charge on any atom is -0.481 e. The summed E-state index contributed by atoms with van der Waals surface area (Å²) in [4.78, 5) is 23.1. The van der Waals surface area contributed by atoms with Crippen molar-refractivity contribution in [3.05, 3.63) is 29.3 Å². The average molecular weight is 272 g/mol. The molecule has 0 aliphatic carbocycles. The average Bonchev–Trinajstić information content (AvgIpc) is 2.28. The zero-order chi connectivity index (χ0) is 13.7. The predicted octanol–water partition coefficient (Wildman–Crippen LogP) is 1.95. The van der Waals surface area contributed by atoms with Crippen molar-refractivity contribution in [2.24, 2.45) is 5.92 Å². The largest absolute Gasteiger partial charge is 0.481 e. The van der Waals surface area contributed by atoms with Crippen molar-refractivity contribution in [1.82, 2.24) is 0 Å². The van der Waals surface area contributed by atoms with Crippen molar-refractivity contribution in [3.8, 4) is 0 Å². The molecule has 0 aromatic heterocycles. The van der Waals surface area contributed by atoms with Gasteiger partial charge in [0.25, 0.3) is 0 Å². The maximum Gasteiger partial charge on any atom is 0.323 e. The van der Waals surface area contributed by atoms with Crippen LogP contribution in [-0.4, -0.2) is 35.2 Å². The van der Waals surface area contributed by atoms with Gasteiger partial charge < -0.3 is 15.1 Å². The van der Waals surface area contributed by atoms with Crippen LogP contribution >= 0.6 is 11.6 Å². The molecule has 0 fully saturated rings. The lowest BCUT2D eigenvalue weighted by Crippen LogP contribution is -2.35. The highest BCUT2D eigenvalue weighted by molar-refractivity contribution is 6.30. The standard InChI is InChI=1S/C12H14ClNO4/c1-8(12(17)18)6-14(7-11(15)16)10-4-2-9(13)3-5-10/h2-5,8H,6-7H2,1H3,(H,15,16)(H,17,18)/t8-/m1/s1. The second-order valence-electron chi connectivity index (χ2n) is 3.99. The van der Waals surface area contributed by atoms with Crippen LogP contribution in [0.3, 0.4) is 0 Å². The van der Waals surface area contributed by atoms with Crippen LogP contribution in [-0.2, 0) is 9.59 Å². The first-order chi connectivity index (χ1) is 8.40. The summed E-state index contributed by atoms with van der Waals surface area (Å²) in [5.41, 5.74) is 0.634. The molecule has 0 radical (unpaired) electrons. The van der Waals surface area contributed by atoms with Gasteiger partial charge in [0.1, 0.15) is 6.54 Å². The van der Waals surface area contributed by atoms with Crippen LogP contribution in [0.2, 0.25) is 5.02 Å². The Morgan fingerprint density at radius 2 is 1.83 bits per heavy atom. The van der Waals surface area contributed by atoms with Gasteiger partial charge >= 0.3 is 11.9 Å². The summed E-state index contributed by atoms with van der Waals surface area (Å²) in [6, 6.07) is 6.61. The number of hydrogen-bond acceptors (Lipinski definition) is 3. The molecule has 98 valence electrons. The van der Waals surface area contributed by atoms with Gasteiger partial charge in [-0.1, -0.05) is 18.5 Å². The van der Waals surface area contributed by atoms with Crippen molar-refractivity contribution in [1.29, 1.82) is 0 Å². The van der Waals surface area contributed by atoms with E-state index in [1.54, 1.807) is 24.3 Å². The van der Waals surface area contributed by atoms with E-state index in [0.717, 1.165) is 0 Å². The van der Waals surface area contributed by atoms with E-state index in [1.165, 1.54) is 11.8 Å². The highest BCUT2D eigenvalue weighted by Gasteiger charge is 2.18. The fourth-order valence-electron chi connectivity index (χ4n) is 1.49. The lowest BCUT2D eigenvalue weighted by Gasteiger charge is -2.24. The van der Waals surface area contributed by atoms with Gasteiger partial charge in [-0.05, 0) is 24.3 Å². The zero-order valence-corrected chi connectivity index (χ0v) is 10.6. The summed E-state index contributed by atoms with van der Waals surface area (Å²) in [6.45, 7) is 1.41. The fraction of sp³-hybridized carbons (Fsp3) is 0.333. The van der Waals surface area contributed by atoms with Crippen molar-refractivity contribution in [3.63, 3.8) is 0 Å². The number of nitrogens with zero attached hydrogens (tertiary/aromatic N) is 1. The van der Waals surface area contributed by atoms with Crippen LogP contribution in [0.1, 0.15) is 6.92 Å². The van der Waals surface area contributed by atoms with E-state index >= 15 is 0 Å². The number of aliphatic carboxylic acids is 2. The summed E-state index contributed by atoms with van der Waals surface area (Å²) in [5, 5.41) is 18.2. The van der Waals surface area contributed by atoms with Gasteiger partial charge in [0.2, 0.25) is 0 Å². The minimum absolute atomic E-state index is 0.128. The molecule has 0 aliphatic rings. The third kappa shape index (κ3) is 4.25. The van der Waals surface area contributed by atoms with E-state index in [9.17, 15) is 9.59 Å². The third-order valence-corrected chi connectivity index (χ3v) is 2.69. The predicted molar refractivity (Wildman–Crippen MR) is 68.1 cm³/mol. The molecule has 1 aromatic rings. The first kappa shape index (κ1) is 14.3. The van der Waals surface area contributed by atoms with Crippen molar-refractivity contribution >= 4 is 29.2 Å². The number of rotatable bonds is 6. The number of hydrogen-bond donors (Lipinski definition) is 2. The lowest BCUT2D eigenvalue weighted by molar-refractivity contribution is -0.141. The molecular formula is C12H14ClNO4. The molecule has 0 bridgehead atoms. The molecule has 0 spiro atoms. The normalized spacial score (nSPS) is 11.9. The van der Waals surface area contributed by atoms with Crippen LogP contribution in [0.5, 0.6) is 0 Å². The molecule has 1 rings (SSSR count). The van der Waals surface area contributed by atoms with Gasteiger partial charge in [-0.25, -0.2) is 0 Å². The molecule has 0 amide bonds. The first-order valence-electron chi connectivity index (χ1n) is 5.35. The quantitative estimate of drug-likeness (QED) is 0.827. The van der Waals surface area contributed by atoms with Crippen molar-refractivity contribution in [2.45, 2.75) is 6.92 Å². The molecule has 1 atom stereocenters. The molecule has 6 heteroatoms. The Morgan fingerprint density at radius 1 is 1.28 bits per heavy atom. The molecule has 0 saturated carbocycles. The first-order valence-corrected chi connectivity index (χ1v) is 5.73. The monoisotopic (exact) mass is 271 g/mol. The highest BCUT2D eigenvalue weighted by atomic mass is 35.5. The van der Waals surface area contributed by atoms with Crippen LogP contribution in [0, 0.1) is 5.92 Å². The van der Waals surface area contributed by atoms with Crippen molar-refractivity contribution < 1.29 is 19.8 Å². The summed E-state index contributed by atoms with van der Waals surface area (Å²) in [6.07, 6.45) is 0. The van der Waals surface area contributed by atoms with Gasteiger partial charge in [0.15, 0.2) is 0 Å². The van der Waals surface area contributed by atoms with E-state index in [-0.39, 0.29) is 13.1 Å². The van der Waals surface area contributed by atoms with E-state index in [2.05, 4.69) is 0 Å². The maximum atomic E-state index is 10.8. The molecule has 0 heterocycles. The molecule has 1 aromatic carbocycles. The molecule has 0 saturated heterocycles. The van der Waals surface area contributed by atoms with E-state index < -0.39 is 17.9 Å². The molecule has 2 N–H and O–H groups in total. The second kappa shape index (κ2) is 6.26. The summed E-state index contributed by atoms with van der Waals surface area (Å²) < 4.78 is 0. The van der Waals surface area contributed by atoms with Gasteiger partial charge in [0, 0.05) is 17.3 Å². The van der Waals surface area contributed by atoms with Crippen LogP contribution in [0.25, 0.3) is 0 Å². The number of carbonyl (C=O) groups is 2. The SMILES string of the molecule is C[C@H](CN(CC(=O)O)c1ccc(Cl)cc1)C(=O)O. The van der Waals surface area contributed by atoms with E-state index in [0.29, 0.717) is 10.7 Å². The molecule has 5 nitrogen and oxygen atoms in total. The molecule has 18 heavy (non-hydrogen) atoms. The zero-order valence-electron chi connectivity index (χ0n) is 9.84. The summed E-state index contributed by atoms with van der Waals surface area (Å²) in [7, 11) is 0. The van der Waals surface area contributed by atoms with Gasteiger partial charge in [-0.2, -0.15) is 0 Å². The highest BCUT2D eigenvalue weighted by Crippen LogP contribution is 2.19. The van der Waals surface area contributed by atoms with Crippen LogP contribution in [0.15, 0.2) is 24.3 Å². The van der Waals surface area contributed by atoms with Gasteiger partial charge in [-0.3, -0.25) is 9.59 Å². The second-order valence-corrected chi connectivity index (χ2v) is 4.43. The third-order valence-electron chi connectivity index (χ3n) is 2.43. The minimum atomic E-state index is -1.01. The lowest BCUT2D eigenvalue weighted by atomic mass is 10.1.